The first-order valence-electron chi connectivity index (χ1n) is 15.0. The first-order chi connectivity index (χ1) is 19.8. The summed E-state index contributed by atoms with van der Waals surface area (Å²) >= 11 is 0. The number of carbonyl (C=O) groups is 3. The zero-order valence-corrected chi connectivity index (χ0v) is 27.4. The van der Waals surface area contributed by atoms with E-state index in [1.807, 2.05) is 27.7 Å². The number of phenols is 2. The average molecular weight is 598 g/mol. The molecule has 0 radical (unpaired) electrons. The van der Waals surface area contributed by atoms with Gasteiger partial charge in [0.25, 0.3) is 0 Å². The van der Waals surface area contributed by atoms with E-state index in [2.05, 4.69) is 24.5 Å². The van der Waals surface area contributed by atoms with Gasteiger partial charge in [-0.25, -0.2) is 4.79 Å². The number of hydrogen-bond donors (Lipinski definition) is 4. The summed E-state index contributed by atoms with van der Waals surface area (Å²) in [6.45, 7) is 18.7. The van der Waals surface area contributed by atoms with Crippen LogP contribution in [0.15, 0.2) is 42.5 Å². The summed E-state index contributed by atoms with van der Waals surface area (Å²) in [7, 11) is 0. The van der Waals surface area contributed by atoms with E-state index in [0.717, 1.165) is 6.42 Å². The van der Waals surface area contributed by atoms with Gasteiger partial charge in [0.2, 0.25) is 11.8 Å². The number of nitrogens with zero attached hydrogens (tertiary/aromatic N) is 1. The molecule has 0 aliphatic carbocycles. The van der Waals surface area contributed by atoms with Gasteiger partial charge in [-0.05, 0) is 115 Å². The quantitative estimate of drug-likeness (QED) is 0.246. The van der Waals surface area contributed by atoms with Gasteiger partial charge in [-0.15, -0.1) is 0 Å². The van der Waals surface area contributed by atoms with E-state index in [-0.39, 0.29) is 29.9 Å². The van der Waals surface area contributed by atoms with Crippen LogP contribution >= 0.6 is 0 Å². The molecule has 2 aromatic carbocycles. The molecule has 3 amide bonds. The number of alkyl carbamates (subject to hydrolysis) is 1. The van der Waals surface area contributed by atoms with Crippen LogP contribution < -0.4 is 10.6 Å². The Kier molecular flexibility index (Phi) is 12.1. The Morgan fingerprint density at radius 1 is 0.907 bits per heavy atom. The Morgan fingerprint density at radius 2 is 1.51 bits per heavy atom. The van der Waals surface area contributed by atoms with Gasteiger partial charge in [-0.2, -0.15) is 0 Å². The highest BCUT2D eigenvalue weighted by molar-refractivity contribution is 5.92. The lowest BCUT2D eigenvalue weighted by Crippen LogP contribution is -2.57. The number of ether oxygens (including phenoxy) is 1. The summed E-state index contributed by atoms with van der Waals surface area (Å²) < 4.78 is 5.51. The van der Waals surface area contributed by atoms with E-state index in [1.165, 1.54) is 18.2 Å². The summed E-state index contributed by atoms with van der Waals surface area (Å²) in [6.07, 6.45) is 0.789. The Morgan fingerprint density at radius 3 is 2.02 bits per heavy atom. The number of aromatic hydroxyl groups is 2. The number of nitrogens with one attached hydrogen (secondary N) is 2. The highest BCUT2D eigenvalue weighted by atomic mass is 16.6. The number of benzene rings is 2. The Hall–Kier alpha value is -3.75. The maximum absolute atomic E-state index is 14.7. The van der Waals surface area contributed by atoms with Crippen molar-refractivity contribution in [2.75, 3.05) is 0 Å². The Balaban J connectivity index is 2.71. The first kappa shape index (κ1) is 35.4. The van der Waals surface area contributed by atoms with Crippen LogP contribution in [0.1, 0.15) is 97.9 Å². The molecule has 0 saturated heterocycles. The lowest BCUT2D eigenvalue weighted by molar-refractivity contribution is -0.145. The first-order valence-corrected chi connectivity index (χ1v) is 15.0. The Labute approximate surface area is 257 Å². The highest BCUT2D eigenvalue weighted by Gasteiger charge is 2.40. The topological polar surface area (TPSA) is 128 Å². The third kappa shape index (κ3) is 11.5. The minimum absolute atomic E-state index is 0.0808. The molecule has 3 atom stereocenters. The van der Waals surface area contributed by atoms with Crippen LogP contribution in [-0.4, -0.2) is 56.2 Å². The van der Waals surface area contributed by atoms with Gasteiger partial charge in [-0.3, -0.25) is 9.59 Å². The summed E-state index contributed by atoms with van der Waals surface area (Å²) in [5.41, 5.74) is 0.442. The van der Waals surface area contributed by atoms with Gasteiger partial charge in [0, 0.05) is 18.0 Å². The van der Waals surface area contributed by atoms with E-state index in [4.69, 9.17) is 4.74 Å². The zero-order chi connectivity index (χ0) is 32.7. The monoisotopic (exact) mass is 597 g/mol. The lowest BCUT2D eigenvalue weighted by Gasteiger charge is -2.40. The van der Waals surface area contributed by atoms with Crippen LogP contribution in [0.4, 0.5) is 4.79 Å². The predicted molar refractivity (Wildman–Crippen MR) is 169 cm³/mol. The van der Waals surface area contributed by atoms with Crippen molar-refractivity contribution in [1.82, 2.24) is 15.5 Å². The summed E-state index contributed by atoms with van der Waals surface area (Å²) in [5, 5.41) is 25.9. The van der Waals surface area contributed by atoms with Crippen molar-refractivity contribution in [3.8, 4) is 11.5 Å². The molecule has 3 unspecified atom stereocenters. The molecule has 0 heterocycles. The number of aryl methyl sites for hydroxylation is 1. The maximum Gasteiger partial charge on any atom is 0.408 e. The standard InChI is InChI=1S/C34H51N3O6/c1-21(2)11-12-23(4)37(29(30(40)36-33(5,6)7)25-15-18-28(39)22(3)19-25)31(41)27(35-32(42)43-34(8,9)10)20-24-13-16-26(38)17-14-24/h13-19,21,23,27,29,38-39H,11-12,20H2,1-10H3,(H,35,42)(H,36,40). The second kappa shape index (κ2) is 14.6. The largest absolute Gasteiger partial charge is 0.508 e. The Bertz CT molecular complexity index is 1240. The van der Waals surface area contributed by atoms with Crippen molar-refractivity contribution in [2.24, 2.45) is 5.92 Å². The van der Waals surface area contributed by atoms with E-state index in [0.29, 0.717) is 29.0 Å². The molecule has 2 aromatic rings. The van der Waals surface area contributed by atoms with E-state index in [9.17, 15) is 24.6 Å². The average Bonchev–Trinajstić information content (AvgIpc) is 2.85. The minimum atomic E-state index is -1.08. The molecule has 0 aromatic heterocycles. The summed E-state index contributed by atoms with van der Waals surface area (Å²) in [5.74, 6) is -0.290. The van der Waals surface area contributed by atoms with Crippen LogP contribution in [0, 0.1) is 12.8 Å². The molecular weight excluding hydrogens is 546 g/mol. The third-order valence-corrected chi connectivity index (χ3v) is 6.82. The third-order valence-electron chi connectivity index (χ3n) is 6.82. The van der Waals surface area contributed by atoms with E-state index in [1.54, 1.807) is 56.9 Å². The second-order valence-electron chi connectivity index (χ2n) is 13.8. The number of phenolic OH excluding ortho intramolecular Hbond substituents is 2. The molecule has 2 rings (SSSR count). The van der Waals surface area contributed by atoms with Crippen LogP contribution in [0.25, 0.3) is 0 Å². The summed E-state index contributed by atoms with van der Waals surface area (Å²) in [6, 6.07) is 8.80. The van der Waals surface area contributed by atoms with Crippen LogP contribution in [0.3, 0.4) is 0 Å². The highest BCUT2D eigenvalue weighted by Crippen LogP contribution is 2.31. The molecule has 4 N–H and O–H groups in total. The van der Waals surface area contributed by atoms with Crippen molar-refractivity contribution in [2.45, 2.75) is 118 Å². The van der Waals surface area contributed by atoms with Gasteiger partial charge in [0.05, 0.1) is 0 Å². The van der Waals surface area contributed by atoms with Crippen molar-refractivity contribution in [3.05, 3.63) is 59.2 Å². The van der Waals surface area contributed by atoms with Gasteiger partial charge < -0.3 is 30.5 Å². The van der Waals surface area contributed by atoms with E-state index < -0.39 is 35.2 Å². The number of amides is 3. The van der Waals surface area contributed by atoms with Gasteiger partial charge >= 0.3 is 6.09 Å². The molecule has 0 aliphatic rings. The molecule has 0 bridgehead atoms. The molecule has 9 heteroatoms. The van der Waals surface area contributed by atoms with Crippen LogP contribution in [-0.2, 0) is 20.7 Å². The van der Waals surface area contributed by atoms with Crippen molar-refractivity contribution in [1.29, 1.82) is 0 Å². The van der Waals surface area contributed by atoms with Crippen molar-refractivity contribution >= 4 is 17.9 Å². The van der Waals surface area contributed by atoms with Crippen molar-refractivity contribution in [3.63, 3.8) is 0 Å². The molecule has 0 aliphatic heterocycles. The molecule has 0 spiro atoms. The molecular formula is C34H51N3O6. The normalized spacial score (nSPS) is 14.0. The van der Waals surface area contributed by atoms with Crippen molar-refractivity contribution < 1.29 is 29.3 Å². The molecule has 9 nitrogen and oxygen atoms in total. The maximum atomic E-state index is 14.7. The fourth-order valence-electron chi connectivity index (χ4n) is 4.74. The SMILES string of the molecule is Cc1cc(C(C(=O)NC(C)(C)C)N(C(=O)C(Cc2ccc(O)cc2)NC(=O)OC(C)(C)C)C(C)CCC(C)C)ccc1O. The molecule has 43 heavy (non-hydrogen) atoms. The minimum Gasteiger partial charge on any atom is -0.508 e. The second-order valence-corrected chi connectivity index (χ2v) is 13.8. The smallest absolute Gasteiger partial charge is 0.408 e. The van der Waals surface area contributed by atoms with E-state index >= 15 is 0 Å². The van der Waals surface area contributed by atoms with Gasteiger partial charge in [0.15, 0.2) is 0 Å². The summed E-state index contributed by atoms with van der Waals surface area (Å²) in [4.78, 5) is 43.4. The zero-order valence-electron chi connectivity index (χ0n) is 27.4. The molecule has 238 valence electrons. The number of carbonyl (C=O) groups excluding carboxylic acids is 3. The lowest BCUT2D eigenvalue weighted by atomic mass is 9.94. The van der Waals surface area contributed by atoms with Gasteiger partial charge in [-0.1, -0.05) is 32.0 Å². The molecule has 0 fully saturated rings. The number of hydrogen-bond acceptors (Lipinski definition) is 6. The fraction of sp³-hybridized carbons (Fsp3) is 0.559. The fourth-order valence-corrected chi connectivity index (χ4v) is 4.74. The van der Waals surface area contributed by atoms with Gasteiger partial charge in [0.1, 0.15) is 29.2 Å². The number of rotatable bonds is 11. The molecule has 0 saturated carbocycles. The predicted octanol–water partition coefficient (Wildman–Crippen LogP) is 6.15. The van der Waals surface area contributed by atoms with Crippen LogP contribution in [0.5, 0.6) is 11.5 Å². The van der Waals surface area contributed by atoms with Crippen LogP contribution in [0.2, 0.25) is 0 Å².